The molecule has 122 valence electrons. The zero-order valence-electron chi connectivity index (χ0n) is 13.5. The Hall–Kier alpha value is -2.31. The number of carbonyl (C=O) groups excluding carboxylic acids is 3. The van der Waals surface area contributed by atoms with Gasteiger partial charge in [-0.3, -0.25) is 4.90 Å². The summed E-state index contributed by atoms with van der Waals surface area (Å²) in [7, 11) is 1.23. The smallest absolute Gasteiger partial charge is 0.418 e. The molecular weight excluding hydrogens is 290 g/mol. The van der Waals surface area contributed by atoms with Crippen LogP contribution < -0.4 is 0 Å². The van der Waals surface area contributed by atoms with Crippen LogP contribution >= 0.6 is 0 Å². The van der Waals surface area contributed by atoms with Gasteiger partial charge in [0.1, 0.15) is 0 Å². The van der Waals surface area contributed by atoms with Gasteiger partial charge in [-0.1, -0.05) is 0 Å². The van der Waals surface area contributed by atoms with Crippen molar-refractivity contribution < 1.29 is 28.6 Å². The highest BCUT2D eigenvalue weighted by Gasteiger charge is 2.34. The van der Waals surface area contributed by atoms with E-state index < -0.39 is 18.0 Å². The van der Waals surface area contributed by atoms with Crippen LogP contribution in [0.5, 0.6) is 0 Å². The molecular formula is C15H21NO6. The highest BCUT2D eigenvalue weighted by atomic mass is 16.5. The first-order valence-corrected chi connectivity index (χ1v) is 7.00. The molecule has 0 fully saturated rings. The van der Waals surface area contributed by atoms with Gasteiger partial charge in [0.2, 0.25) is 0 Å². The fraction of sp³-hybridized carbons (Fsp3) is 0.533. The van der Waals surface area contributed by atoms with Crippen LogP contribution in [0.2, 0.25) is 0 Å². The van der Waals surface area contributed by atoms with Crippen LogP contribution in [-0.4, -0.2) is 43.3 Å². The molecule has 0 aromatic rings. The number of allylic oxidation sites excluding steroid dienone is 2. The third-order valence-corrected chi connectivity index (χ3v) is 3.30. The van der Waals surface area contributed by atoms with E-state index in [2.05, 4.69) is 0 Å². The first-order chi connectivity index (χ1) is 10.4. The number of carbonyl (C=O) groups is 3. The number of esters is 2. The molecule has 1 heterocycles. The van der Waals surface area contributed by atoms with E-state index in [1.165, 1.54) is 12.0 Å². The average Bonchev–Trinajstić information content (AvgIpc) is 2.47. The highest BCUT2D eigenvalue weighted by Crippen LogP contribution is 2.32. The quantitative estimate of drug-likeness (QED) is 0.584. The van der Waals surface area contributed by atoms with Gasteiger partial charge in [0.15, 0.2) is 0 Å². The maximum absolute atomic E-state index is 12.1. The largest absolute Gasteiger partial charge is 0.463 e. The zero-order chi connectivity index (χ0) is 16.9. The van der Waals surface area contributed by atoms with Crippen LogP contribution in [0.15, 0.2) is 22.5 Å². The Morgan fingerprint density at radius 3 is 1.68 bits per heavy atom. The summed E-state index contributed by atoms with van der Waals surface area (Å²) in [5, 5.41) is 0. The molecule has 0 saturated heterocycles. The molecule has 22 heavy (non-hydrogen) atoms. The number of hydrogen-bond acceptors (Lipinski definition) is 6. The van der Waals surface area contributed by atoms with Gasteiger partial charge in [-0.2, -0.15) is 0 Å². The van der Waals surface area contributed by atoms with E-state index in [1.807, 2.05) is 0 Å². The number of nitrogens with zero attached hydrogens (tertiary/aromatic N) is 1. The van der Waals surface area contributed by atoms with Crippen molar-refractivity contribution >= 4 is 18.0 Å². The highest BCUT2D eigenvalue weighted by molar-refractivity contribution is 5.98. The Balaban J connectivity index is 3.31. The summed E-state index contributed by atoms with van der Waals surface area (Å²) in [5.74, 6) is -1.13. The molecule has 1 aliphatic rings. The number of methoxy groups -OCH3 is 1. The van der Waals surface area contributed by atoms with E-state index in [0.717, 1.165) is 0 Å². The summed E-state index contributed by atoms with van der Waals surface area (Å²) in [5.41, 5.74) is 1.24. The van der Waals surface area contributed by atoms with E-state index >= 15 is 0 Å². The number of ether oxygens (including phenoxy) is 3. The molecule has 0 saturated carbocycles. The first-order valence-electron chi connectivity index (χ1n) is 7.00. The second-order valence-electron chi connectivity index (χ2n) is 4.55. The lowest BCUT2D eigenvalue weighted by molar-refractivity contribution is -0.139. The van der Waals surface area contributed by atoms with E-state index in [4.69, 9.17) is 14.2 Å². The van der Waals surface area contributed by atoms with E-state index in [-0.39, 0.29) is 30.8 Å². The molecule has 0 aromatic carbocycles. The lowest BCUT2D eigenvalue weighted by Gasteiger charge is -2.30. The Kier molecular flexibility index (Phi) is 6.15. The van der Waals surface area contributed by atoms with Crippen molar-refractivity contribution in [2.45, 2.75) is 34.1 Å². The summed E-state index contributed by atoms with van der Waals surface area (Å²) in [6, 6.07) is 0. The minimum atomic E-state index is -0.682. The van der Waals surface area contributed by atoms with Crippen LogP contribution in [0.1, 0.15) is 34.1 Å². The van der Waals surface area contributed by atoms with Gasteiger partial charge < -0.3 is 14.2 Å². The molecule has 0 aromatic heterocycles. The van der Waals surface area contributed by atoms with Crippen molar-refractivity contribution in [1.29, 1.82) is 0 Å². The molecule has 0 unspecified atom stereocenters. The molecule has 0 bridgehead atoms. The molecule has 7 nitrogen and oxygen atoms in total. The van der Waals surface area contributed by atoms with Gasteiger partial charge in [0, 0.05) is 17.8 Å². The van der Waals surface area contributed by atoms with E-state index in [9.17, 15) is 14.4 Å². The summed E-state index contributed by atoms with van der Waals surface area (Å²) >= 11 is 0. The van der Waals surface area contributed by atoms with Gasteiger partial charge in [-0.05, 0) is 27.7 Å². The van der Waals surface area contributed by atoms with Crippen LogP contribution in [0, 0.1) is 0 Å². The van der Waals surface area contributed by atoms with Crippen molar-refractivity contribution in [2.75, 3.05) is 20.3 Å². The SMILES string of the molecule is CCOC(=O)C1=C(C)N(C(=O)OC)C(C)=C(C(=O)OCC)C1. The summed E-state index contributed by atoms with van der Waals surface area (Å²) < 4.78 is 14.7. The van der Waals surface area contributed by atoms with Gasteiger partial charge in [-0.25, -0.2) is 14.4 Å². The standard InChI is InChI=1S/C15H21NO6/c1-6-21-13(17)11-8-12(14(18)22-7-2)10(4)16(9(11)3)15(19)20-5/h6-8H2,1-5H3. The Bertz CT molecular complexity index is 506. The maximum atomic E-state index is 12.1. The van der Waals surface area contributed by atoms with Gasteiger partial charge in [0.05, 0.1) is 31.5 Å². The molecule has 0 N–H and O–H groups in total. The van der Waals surface area contributed by atoms with E-state index in [0.29, 0.717) is 11.4 Å². The van der Waals surface area contributed by atoms with Gasteiger partial charge >= 0.3 is 18.0 Å². The van der Waals surface area contributed by atoms with Gasteiger partial charge in [-0.15, -0.1) is 0 Å². The third kappa shape index (κ3) is 3.47. The van der Waals surface area contributed by atoms with Gasteiger partial charge in [0.25, 0.3) is 0 Å². The van der Waals surface area contributed by atoms with Crippen molar-refractivity contribution in [1.82, 2.24) is 4.90 Å². The third-order valence-electron chi connectivity index (χ3n) is 3.30. The lowest BCUT2D eigenvalue weighted by Crippen LogP contribution is -2.35. The predicted octanol–water partition coefficient (Wildman–Crippen LogP) is 2.13. The fourth-order valence-electron chi connectivity index (χ4n) is 2.20. The fourth-order valence-corrected chi connectivity index (χ4v) is 2.20. The lowest BCUT2D eigenvalue weighted by atomic mass is 9.97. The van der Waals surface area contributed by atoms with E-state index in [1.54, 1.807) is 27.7 Å². The van der Waals surface area contributed by atoms with Crippen molar-refractivity contribution in [3.05, 3.63) is 22.5 Å². The molecule has 1 aliphatic heterocycles. The molecule has 0 atom stereocenters. The first kappa shape index (κ1) is 17.7. The normalized spacial score (nSPS) is 14.9. The molecule has 0 spiro atoms. The minimum absolute atomic E-state index is 0.0584. The number of amides is 1. The molecule has 1 amide bonds. The summed E-state index contributed by atoms with van der Waals surface area (Å²) in [6.07, 6.45) is -0.624. The second kappa shape index (κ2) is 7.63. The van der Waals surface area contributed by atoms with Crippen LogP contribution in [0.4, 0.5) is 4.79 Å². The van der Waals surface area contributed by atoms with Crippen molar-refractivity contribution in [3.8, 4) is 0 Å². The second-order valence-corrected chi connectivity index (χ2v) is 4.55. The number of rotatable bonds is 4. The molecule has 1 rings (SSSR count). The van der Waals surface area contributed by atoms with Crippen LogP contribution in [0.25, 0.3) is 0 Å². The van der Waals surface area contributed by atoms with Crippen molar-refractivity contribution in [2.24, 2.45) is 0 Å². The summed E-state index contributed by atoms with van der Waals surface area (Å²) in [6.45, 7) is 6.98. The Morgan fingerprint density at radius 1 is 0.955 bits per heavy atom. The monoisotopic (exact) mass is 311 g/mol. The predicted molar refractivity (Wildman–Crippen MR) is 77.5 cm³/mol. The Morgan fingerprint density at radius 2 is 1.36 bits per heavy atom. The minimum Gasteiger partial charge on any atom is -0.463 e. The zero-order valence-corrected chi connectivity index (χ0v) is 13.5. The molecule has 0 aliphatic carbocycles. The van der Waals surface area contributed by atoms with Crippen LogP contribution in [-0.2, 0) is 23.8 Å². The van der Waals surface area contributed by atoms with Crippen LogP contribution in [0.3, 0.4) is 0 Å². The topological polar surface area (TPSA) is 82.1 Å². The Labute approximate surface area is 129 Å². The number of hydrogen-bond donors (Lipinski definition) is 0. The average molecular weight is 311 g/mol. The van der Waals surface area contributed by atoms with Crippen molar-refractivity contribution in [3.63, 3.8) is 0 Å². The molecule has 7 heteroatoms. The molecule has 0 radical (unpaired) electrons. The summed E-state index contributed by atoms with van der Waals surface area (Å²) in [4.78, 5) is 37.3. The maximum Gasteiger partial charge on any atom is 0.418 e.